The maximum absolute atomic E-state index is 13.9. The molecular weight excluding hydrogens is 539 g/mol. The SMILES string of the molecule is COC(=O)c1ccc(COc2cccc(-c3c(Cc4ccc(Cl)cc4)cnc4c(C(F)(F)F)cccc34)c2)cc1. The summed E-state index contributed by atoms with van der Waals surface area (Å²) in [6, 6.07) is 25.5. The molecule has 5 aromatic rings. The molecule has 0 aliphatic carbocycles. The van der Waals surface area contributed by atoms with Crippen molar-refractivity contribution in [3.63, 3.8) is 0 Å². The van der Waals surface area contributed by atoms with Crippen molar-refractivity contribution in [3.05, 3.63) is 130 Å². The van der Waals surface area contributed by atoms with Gasteiger partial charge in [0.1, 0.15) is 12.4 Å². The molecule has 0 bridgehead atoms. The Morgan fingerprint density at radius 3 is 2.30 bits per heavy atom. The second kappa shape index (κ2) is 11.4. The van der Waals surface area contributed by atoms with Crippen LogP contribution in [0.1, 0.15) is 32.6 Å². The monoisotopic (exact) mass is 561 g/mol. The van der Waals surface area contributed by atoms with Gasteiger partial charge in [-0.3, -0.25) is 4.98 Å². The van der Waals surface area contributed by atoms with Crippen molar-refractivity contribution in [1.29, 1.82) is 0 Å². The molecule has 202 valence electrons. The van der Waals surface area contributed by atoms with Crippen LogP contribution in [0.15, 0.2) is 97.2 Å². The number of hydrogen-bond acceptors (Lipinski definition) is 4. The molecule has 40 heavy (non-hydrogen) atoms. The number of fused-ring (bicyclic) bond motifs is 1. The Labute approximate surface area is 234 Å². The Morgan fingerprint density at radius 1 is 0.900 bits per heavy atom. The molecule has 4 nitrogen and oxygen atoms in total. The molecule has 4 aromatic carbocycles. The van der Waals surface area contributed by atoms with Crippen molar-refractivity contribution in [2.45, 2.75) is 19.2 Å². The summed E-state index contributed by atoms with van der Waals surface area (Å²) >= 11 is 6.05. The van der Waals surface area contributed by atoms with Crippen LogP contribution in [0.4, 0.5) is 13.2 Å². The van der Waals surface area contributed by atoms with Crippen LogP contribution >= 0.6 is 11.6 Å². The summed E-state index contributed by atoms with van der Waals surface area (Å²) in [6.45, 7) is 0.234. The largest absolute Gasteiger partial charge is 0.489 e. The Balaban J connectivity index is 1.53. The molecule has 0 atom stereocenters. The molecule has 0 saturated heterocycles. The summed E-state index contributed by atoms with van der Waals surface area (Å²) in [5.74, 6) is 0.122. The number of pyridine rings is 1. The minimum atomic E-state index is -4.55. The van der Waals surface area contributed by atoms with E-state index >= 15 is 0 Å². The third kappa shape index (κ3) is 5.95. The number of halogens is 4. The lowest BCUT2D eigenvalue weighted by molar-refractivity contribution is -0.136. The van der Waals surface area contributed by atoms with Gasteiger partial charge in [0.05, 0.1) is 23.8 Å². The van der Waals surface area contributed by atoms with Gasteiger partial charge in [0.25, 0.3) is 0 Å². The average Bonchev–Trinajstić information content (AvgIpc) is 2.96. The molecular formula is C32H23ClF3NO3. The highest BCUT2D eigenvalue weighted by molar-refractivity contribution is 6.30. The zero-order chi connectivity index (χ0) is 28.3. The Morgan fingerprint density at radius 2 is 1.60 bits per heavy atom. The highest BCUT2D eigenvalue weighted by Crippen LogP contribution is 2.39. The van der Waals surface area contributed by atoms with Crippen LogP contribution in [-0.2, 0) is 23.9 Å². The summed E-state index contributed by atoms with van der Waals surface area (Å²) in [6.07, 6.45) is -2.59. The summed E-state index contributed by atoms with van der Waals surface area (Å²) in [5.41, 5.74) is 3.45. The second-order valence-electron chi connectivity index (χ2n) is 9.17. The van der Waals surface area contributed by atoms with Gasteiger partial charge in [0.15, 0.2) is 0 Å². The molecule has 5 rings (SSSR count). The smallest absolute Gasteiger partial charge is 0.418 e. The molecule has 0 unspecified atom stereocenters. The van der Waals surface area contributed by atoms with Gasteiger partial charge in [-0.15, -0.1) is 0 Å². The minimum Gasteiger partial charge on any atom is -0.489 e. The van der Waals surface area contributed by atoms with Gasteiger partial charge in [-0.2, -0.15) is 13.2 Å². The maximum atomic E-state index is 13.9. The predicted octanol–water partition coefficient (Wildman–Crippen LogP) is 8.53. The predicted molar refractivity (Wildman–Crippen MR) is 149 cm³/mol. The molecule has 0 saturated carbocycles. The zero-order valence-electron chi connectivity index (χ0n) is 21.3. The molecule has 1 heterocycles. The van der Waals surface area contributed by atoms with E-state index in [0.29, 0.717) is 39.3 Å². The summed E-state index contributed by atoms with van der Waals surface area (Å²) in [7, 11) is 1.32. The first-order valence-corrected chi connectivity index (χ1v) is 12.7. The standard InChI is InChI=1S/C32H23ClF3NO3/c1-39-31(38)22-12-8-21(9-13-22)19-40-26-5-2-4-23(17-26)29-24(16-20-10-14-25(33)15-11-20)18-37-30-27(29)6-3-7-28(30)32(34,35)36/h2-15,17-18H,16,19H2,1H3. The normalized spacial score (nSPS) is 11.4. The number of rotatable bonds is 7. The highest BCUT2D eigenvalue weighted by atomic mass is 35.5. The van der Waals surface area contributed by atoms with E-state index in [1.807, 2.05) is 24.3 Å². The number of nitrogens with zero attached hydrogens (tertiary/aromatic N) is 1. The van der Waals surface area contributed by atoms with Crippen LogP contribution < -0.4 is 4.74 Å². The first kappa shape index (κ1) is 27.2. The summed E-state index contributed by atoms with van der Waals surface area (Å²) in [5, 5.41) is 0.997. The molecule has 1 aromatic heterocycles. The number of methoxy groups -OCH3 is 1. The molecule has 0 aliphatic rings. The lowest BCUT2D eigenvalue weighted by Gasteiger charge is -2.17. The topological polar surface area (TPSA) is 48.4 Å². The molecule has 0 spiro atoms. The number of carbonyl (C=O) groups is 1. The van der Waals surface area contributed by atoms with Gasteiger partial charge in [-0.1, -0.05) is 60.1 Å². The Kier molecular flexibility index (Phi) is 7.76. The fourth-order valence-corrected chi connectivity index (χ4v) is 4.68. The fourth-order valence-electron chi connectivity index (χ4n) is 4.55. The van der Waals surface area contributed by atoms with Crippen molar-refractivity contribution in [2.75, 3.05) is 7.11 Å². The van der Waals surface area contributed by atoms with E-state index in [2.05, 4.69) is 4.98 Å². The number of esters is 1. The van der Waals surface area contributed by atoms with E-state index in [4.69, 9.17) is 21.1 Å². The van der Waals surface area contributed by atoms with Gasteiger partial charge in [-0.25, -0.2) is 4.79 Å². The Hall–Kier alpha value is -4.36. The van der Waals surface area contributed by atoms with E-state index < -0.39 is 17.7 Å². The van der Waals surface area contributed by atoms with Gasteiger partial charge in [0.2, 0.25) is 0 Å². The number of hydrogen-bond donors (Lipinski definition) is 0. The van der Waals surface area contributed by atoms with Crippen molar-refractivity contribution in [3.8, 4) is 16.9 Å². The van der Waals surface area contributed by atoms with Crippen LogP contribution in [0.3, 0.4) is 0 Å². The molecule has 0 amide bonds. The third-order valence-corrected chi connectivity index (χ3v) is 6.74. The van der Waals surface area contributed by atoms with Gasteiger partial charge in [0, 0.05) is 16.6 Å². The van der Waals surface area contributed by atoms with E-state index in [9.17, 15) is 18.0 Å². The van der Waals surface area contributed by atoms with Crippen LogP contribution in [0.25, 0.3) is 22.0 Å². The molecule has 0 N–H and O–H groups in total. The van der Waals surface area contributed by atoms with Crippen molar-refractivity contribution in [1.82, 2.24) is 4.98 Å². The second-order valence-corrected chi connectivity index (χ2v) is 9.60. The number of carbonyl (C=O) groups excluding carboxylic acids is 1. The summed E-state index contributed by atoms with van der Waals surface area (Å²) in [4.78, 5) is 15.9. The number of para-hydroxylation sites is 1. The molecule has 0 aliphatic heterocycles. The number of alkyl halides is 3. The van der Waals surface area contributed by atoms with Gasteiger partial charge >= 0.3 is 12.1 Å². The van der Waals surface area contributed by atoms with Crippen molar-refractivity contribution >= 4 is 28.5 Å². The summed E-state index contributed by atoms with van der Waals surface area (Å²) < 4.78 is 52.3. The van der Waals surface area contributed by atoms with E-state index in [1.54, 1.807) is 54.6 Å². The third-order valence-electron chi connectivity index (χ3n) is 6.49. The molecule has 8 heteroatoms. The van der Waals surface area contributed by atoms with Crippen LogP contribution in [0.2, 0.25) is 5.02 Å². The minimum absolute atomic E-state index is 0.109. The molecule has 0 radical (unpaired) electrons. The van der Waals surface area contributed by atoms with E-state index in [-0.39, 0.29) is 12.1 Å². The van der Waals surface area contributed by atoms with Crippen LogP contribution in [0.5, 0.6) is 5.75 Å². The number of aromatic nitrogens is 1. The first-order chi connectivity index (χ1) is 19.2. The van der Waals surface area contributed by atoms with Crippen LogP contribution in [-0.4, -0.2) is 18.1 Å². The first-order valence-electron chi connectivity index (χ1n) is 12.4. The zero-order valence-corrected chi connectivity index (χ0v) is 22.1. The lowest BCUT2D eigenvalue weighted by atomic mass is 9.92. The number of benzene rings is 4. The van der Waals surface area contributed by atoms with Crippen molar-refractivity contribution < 1.29 is 27.4 Å². The quantitative estimate of drug-likeness (QED) is 0.187. The highest BCUT2D eigenvalue weighted by Gasteiger charge is 2.33. The Bertz CT molecular complexity index is 1670. The molecule has 0 fully saturated rings. The fraction of sp³-hybridized carbons (Fsp3) is 0.125. The average molecular weight is 562 g/mol. The number of ether oxygens (including phenoxy) is 2. The maximum Gasteiger partial charge on any atom is 0.418 e. The lowest BCUT2D eigenvalue weighted by Crippen LogP contribution is -2.07. The van der Waals surface area contributed by atoms with E-state index in [0.717, 1.165) is 22.8 Å². The van der Waals surface area contributed by atoms with Crippen LogP contribution in [0, 0.1) is 0 Å². The van der Waals surface area contributed by atoms with Crippen molar-refractivity contribution in [2.24, 2.45) is 0 Å². The van der Waals surface area contributed by atoms with Gasteiger partial charge in [-0.05, 0) is 76.7 Å². The van der Waals surface area contributed by atoms with E-state index in [1.165, 1.54) is 19.4 Å². The van der Waals surface area contributed by atoms with Gasteiger partial charge < -0.3 is 9.47 Å².